The Bertz CT molecular complexity index is 665. The van der Waals surface area contributed by atoms with Gasteiger partial charge in [0.15, 0.2) is 0 Å². The van der Waals surface area contributed by atoms with E-state index in [0.717, 1.165) is 22.3 Å². The molecule has 0 saturated heterocycles. The standard InChI is InChI=1S/C18H19NO2/c1-13-9-14(2)18(15(3)10-13)12-17(19(20)21)11-16-7-5-4-6-8-16/h4-10,12H,11H2,1-3H3. The second-order valence-corrected chi connectivity index (χ2v) is 5.37. The van der Waals surface area contributed by atoms with Crippen LogP contribution in [0.15, 0.2) is 48.2 Å². The molecule has 0 bridgehead atoms. The first kappa shape index (κ1) is 15.0. The first-order chi connectivity index (χ1) is 9.97. The smallest absolute Gasteiger partial charge is 0.251 e. The molecule has 0 amide bonds. The van der Waals surface area contributed by atoms with Crippen LogP contribution in [-0.2, 0) is 6.42 Å². The summed E-state index contributed by atoms with van der Waals surface area (Å²) in [5, 5.41) is 11.3. The van der Waals surface area contributed by atoms with Crippen LogP contribution in [0.2, 0.25) is 0 Å². The Morgan fingerprint density at radius 3 is 2.19 bits per heavy atom. The molecule has 2 rings (SSSR count). The molecule has 0 heterocycles. The lowest BCUT2D eigenvalue weighted by molar-refractivity contribution is -0.425. The zero-order chi connectivity index (χ0) is 15.4. The molecular weight excluding hydrogens is 262 g/mol. The highest BCUT2D eigenvalue weighted by Crippen LogP contribution is 2.21. The number of nitro groups is 1. The molecule has 2 aromatic carbocycles. The Kier molecular flexibility index (Phi) is 4.53. The molecule has 0 N–H and O–H groups in total. The van der Waals surface area contributed by atoms with Crippen molar-refractivity contribution in [3.05, 3.63) is 86.1 Å². The number of allylic oxidation sites excluding steroid dienone is 1. The average molecular weight is 281 g/mol. The van der Waals surface area contributed by atoms with Gasteiger partial charge in [0.05, 0.1) is 11.3 Å². The van der Waals surface area contributed by atoms with Gasteiger partial charge in [0.2, 0.25) is 0 Å². The Labute approximate surface area is 125 Å². The van der Waals surface area contributed by atoms with Gasteiger partial charge in [-0.25, -0.2) is 0 Å². The van der Waals surface area contributed by atoms with Gasteiger partial charge in [-0.1, -0.05) is 48.0 Å². The number of hydrogen-bond acceptors (Lipinski definition) is 2. The monoisotopic (exact) mass is 281 g/mol. The quantitative estimate of drug-likeness (QED) is 0.613. The Hall–Kier alpha value is -2.42. The summed E-state index contributed by atoms with van der Waals surface area (Å²) in [5.74, 6) is 0. The maximum atomic E-state index is 11.3. The van der Waals surface area contributed by atoms with E-state index in [9.17, 15) is 10.1 Å². The summed E-state index contributed by atoms with van der Waals surface area (Å²) in [7, 11) is 0. The summed E-state index contributed by atoms with van der Waals surface area (Å²) in [5.41, 5.74) is 5.43. The van der Waals surface area contributed by atoms with Crippen molar-refractivity contribution in [2.45, 2.75) is 27.2 Å². The summed E-state index contributed by atoms with van der Waals surface area (Å²) >= 11 is 0. The zero-order valence-electron chi connectivity index (χ0n) is 12.6. The van der Waals surface area contributed by atoms with E-state index in [2.05, 4.69) is 12.1 Å². The highest BCUT2D eigenvalue weighted by molar-refractivity contribution is 5.60. The maximum absolute atomic E-state index is 11.3. The van der Waals surface area contributed by atoms with E-state index in [1.165, 1.54) is 5.56 Å². The third-order valence-corrected chi connectivity index (χ3v) is 3.51. The first-order valence-electron chi connectivity index (χ1n) is 6.94. The maximum Gasteiger partial charge on any atom is 0.251 e. The van der Waals surface area contributed by atoms with Gasteiger partial charge in [0, 0.05) is 6.08 Å². The minimum absolute atomic E-state index is 0.219. The first-order valence-corrected chi connectivity index (χ1v) is 6.94. The van der Waals surface area contributed by atoms with Crippen molar-refractivity contribution in [1.82, 2.24) is 0 Å². The lowest BCUT2D eigenvalue weighted by atomic mass is 9.98. The molecule has 0 spiro atoms. The minimum atomic E-state index is -0.286. The SMILES string of the molecule is Cc1cc(C)c(C=C(Cc2ccccc2)[N+](=O)[O-])c(C)c1. The fourth-order valence-corrected chi connectivity index (χ4v) is 2.56. The molecule has 0 aliphatic rings. The van der Waals surface area contributed by atoms with Gasteiger partial charge in [-0.2, -0.15) is 0 Å². The predicted molar refractivity (Wildman–Crippen MR) is 85.8 cm³/mol. The highest BCUT2D eigenvalue weighted by Gasteiger charge is 2.13. The second-order valence-electron chi connectivity index (χ2n) is 5.37. The number of benzene rings is 2. The van der Waals surface area contributed by atoms with Crippen LogP contribution in [0.1, 0.15) is 27.8 Å². The number of hydrogen-bond donors (Lipinski definition) is 0. The molecule has 0 aromatic heterocycles. The van der Waals surface area contributed by atoms with E-state index in [1.54, 1.807) is 6.08 Å². The highest BCUT2D eigenvalue weighted by atomic mass is 16.6. The third kappa shape index (κ3) is 3.78. The van der Waals surface area contributed by atoms with E-state index in [0.29, 0.717) is 6.42 Å². The molecule has 108 valence electrons. The molecule has 2 aromatic rings. The fraction of sp³-hybridized carbons (Fsp3) is 0.222. The molecule has 0 aliphatic carbocycles. The van der Waals surface area contributed by atoms with Gasteiger partial charge < -0.3 is 0 Å². The molecule has 0 fully saturated rings. The molecular formula is C18H19NO2. The Morgan fingerprint density at radius 2 is 1.67 bits per heavy atom. The van der Waals surface area contributed by atoms with Gasteiger partial charge in [-0.05, 0) is 43.0 Å². The largest absolute Gasteiger partial charge is 0.259 e. The number of rotatable bonds is 4. The summed E-state index contributed by atoms with van der Waals surface area (Å²) in [6, 6.07) is 13.6. The van der Waals surface area contributed by atoms with E-state index >= 15 is 0 Å². The molecule has 0 unspecified atom stereocenters. The minimum Gasteiger partial charge on any atom is -0.259 e. The van der Waals surface area contributed by atoms with E-state index in [-0.39, 0.29) is 10.6 Å². The van der Waals surface area contributed by atoms with Crippen LogP contribution in [0.25, 0.3) is 6.08 Å². The van der Waals surface area contributed by atoms with Crippen LogP contribution in [0.3, 0.4) is 0 Å². The van der Waals surface area contributed by atoms with Gasteiger partial charge in [-0.15, -0.1) is 0 Å². The average Bonchev–Trinajstić information content (AvgIpc) is 2.42. The van der Waals surface area contributed by atoms with Crippen molar-refractivity contribution in [3.63, 3.8) is 0 Å². The molecule has 3 heteroatoms. The van der Waals surface area contributed by atoms with Gasteiger partial charge in [0.25, 0.3) is 5.70 Å². The molecule has 0 aliphatic heterocycles. The van der Waals surface area contributed by atoms with Crippen LogP contribution in [0, 0.1) is 30.9 Å². The van der Waals surface area contributed by atoms with Gasteiger partial charge >= 0.3 is 0 Å². The number of nitrogens with zero attached hydrogens (tertiary/aromatic N) is 1. The summed E-state index contributed by atoms with van der Waals surface area (Å²) in [6.45, 7) is 6.02. The van der Waals surface area contributed by atoms with Crippen LogP contribution in [0.4, 0.5) is 0 Å². The van der Waals surface area contributed by atoms with Crippen LogP contribution >= 0.6 is 0 Å². The van der Waals surface area contributed by atoms with E-state index in [1.807, 2.05) is 51.1 Å². The molecule has 3 nitrogen and oxygen atoms in total. The van der Waals surface area contributed by atoms with Crippen LogP contribution in [-0.4, -0.2) is 4.92 Å². The topological polar surface area (TPSA) is 43.1 Å². The predicted octanol–water partition coefficient (Wildman–Crippen LogP) is 4.47. The molecule has 0 atom stereocenters. The van der Waals surface area contributed by atoms with Crippen molar-refractivity contribution in [3.8, 4) is 0 Å². The van der Waals surface area contributed by atoms with Crippen molar-refractivity contribution in [2.75, 3.05) is 0 Å². The van der Waals surface area contributed by atoms with Gasteiger partial charge in [0.1, 0.15) is 0 Å². The number of aryl methyl sites for hydroxylation is 3. The molecule has 0 radical (unpaired) electrons. The molecule has 21 heavy (non-hydrogen) atoms. The lowest BCUT2D eigenvalue weighted by Gasteiger charge is -2.08. The lowest BCUT2D eigenvalue weighted by Crippen LogP contribution is -2.03. The Morgan fingerprint density at radius 1 is 1.10 bits per heavy atom. The fourth-order valence-electron chi connectivity index (χ4n) is 2.56. The zero-order valence-corrected chi connectivity index (χ0v) is 12.6. The third-order valence-electron chi connectivity index (χ3n) is 3.51. The van der Waals surface area contributed by atoms with Crippen LogP contribution in [0.5, 0.6) is 0 Å². The Balaban J connectivity index is 2.41. The summed E-state index contributed by atoms with van der Waals surface area (Å²) in [6.07, 6.45) is 2.04. The van der Waals surface area contributed by atoms with Crippen molar-refractivity contribution >= 4 is 6.08 Å². The van der Waals surface area contributed by atoms with E-state index in [4.69, 9.17) is 0 Å². The molecule has 0 saturated carbocycles. The normalized spacial score (nSPS) is 11.5. The van der Waals surface area contributed by atoms with Crippen molar-refractivity contribution < 1.29 is 4.92 Å². The van der Waals surface area contributed by atoms with E-state index < -0.39 is 0 Å². The summed E-state index contributed by atoms with van der Waals surface area (Å²) in [4.78, 5) is 11.0. The van der Waals surface area contributed by atoms with Crippen LogP contribution < -0.4 is 0 Å². The summed E-state index contributed by atoms with van der Waals surface area (Å²) < 4.78 is 0. The van der Waals surface area contributed by atoms with Crippen molar-refractivity contribution in [1.29, 1.82) is 0 Å². The van der Waals surface area contributed by atoms with Gasteiger partial charge in [-0.3, -0.25) is 10.1 Å². The van der Waals surface area contributed by atoms with Crippen molar-refractivity contribution in [2.24, 2.45) is 0 Å². The second kappa shape index (κ2) is 6.35.